The third kappa shape index (κ3) is 7.64. The molecule has 2 aromatic carbocycles. The second-order valence-electron chi connectivity index (χ2n) is 6.46. The zero-order valence-corrected chi connectivity index (χ0v) is 20.1. The minimum atomic E-state index is -1.36. The Morgan fingerprint density at radius 2 is 1.68 bits per heavy atom. The van der Waals surface area contributed by atoms with Crippen LogP contribution < -0.4 is 16.4 Å². The highest BCUT2D eigenvalue weighted by atomic mass is 79.9. The van der Waals surface area contributed by atoms with Gasteiger partial charge in [0.15, 0.2) is 6.61 Å². The summed E-state index contributed by atoms with van der Waals surface area (Å²) in [5.41, 5.74) is 6.82. The number of carbonyl (C=O) groups excluding carboxylic acids is 4. The third-order valence-corrected chi connectivity index (χ3v) is 5.40. The molecule has 8 nitrogen and oxygen atoms in total. The van der Waals surface area contributed by atoms with Crippen LogP contribution in [0.3, 0.4) is 0 Å². The molecule has 1 atom stereocenters. The van der Waals surface area contributed by atoms with E-state index in [1.165, 1.54) is 24.3 Å². The van der Waals surface area contributed by atoms with Crippen molar-refractivity contribution in [2.45, 2.75) is 19.4 Å². The lowest BCUT2D eigenvalue weighted by atomic mass is 10.1. The molecule has 0 radical (unpaired) electrons. The van der Waals surface area contributed by atoms with Crippen molar-refractivity contribution < 1.29 is 23.9 Å². The van der Waals surface area contributed by atoms with Crippen molar-refractivity contribution in [3.8, 4) is 0 Å². The summed E-state index contributed by atoms with van der Waals surface area (Å²) in [6.45, 7) is 1.26. The number of benzene rings is 2. The van der Waals surface area contributed by atoms with Crippen molar-refractivity contribution in [3.63, 3.8) is 0 Å². The molecule has 164 valence electrons. The van der Waals surface area contributed by atoms with Gasteiger partial charge in [0.2, 0.25) is 5.91 Å². The highest BCUT2D eigenvalue weighted by Gasteiger charge is 2.26. The van der Waals surface area contributed by atoms with Crippen molar-refractivity contribution in [1.82, 2.24) is 5.32 Å². The van der Waals surface area contributed by atoms with E-state index in [-0.39, 0.29) is 5.56 Å². The van der Waals surface area contributed by atoms with Crippen LogP contribution in [0.4, 0.5) is 5.69 Å². The number of nitrogens with one attached hydrogen (secondary N) is 2. The molecule has 0 saturated carbocycles. The monoisotopic (exact) mass is 573 g/mol. The first-order chi connectivity index (χ1) is 14.6. The molecule has 11 heteroatoms. The van der Waals surface area contributed by atoms with Gasteiger partial charge in [-0.05, 0) is 80.7 Å². The number of amides is 3. The maximum Gasteiger partial charge on any atom is 0.329 e. The molecule has 0 spiro atoms. The zero-order chi connectivity index (χ0) is 23.1. The summed E-state index contributed by atoms with van der Waals surface area (Å²) in [6, 6.07) is 8.17. The summed E-state index contributed by atoms with van der Waals surface area (Å²) in [5, 5.41) is 5.42. The van der Waals surface area contributed by atoms with Crippen LogP contribution in [0.5, 0.6) is 0 Å². The van der Waals surface area contributed by atoms with Crippen molar-refractivity contribution >= 4 is 72.8 Å². The number of hydrogen-bond donors (Lipinski definition) is 3. The number of nitrogens with two attached hydrogens (primary N) is 1. The van der Waals surface area contributed by atoms with Gasteiger partial charge in [-0.15, -0.1) is 0 Å². The van der Waals surface area contributed by atoms with Crippen LogP contribution in [-0.4, -0.2) is 36.3 Å². The van der Waals surface area contributed by atoms with Crippen LogP contribution in [0.2, 0.25) is 5.02 Å². The second-order valence-corrected chi connectivity index (χ2v) is 8.61. The van der Waals surface area contributed by atoms with Gasteiger partial charge in [-0.25, -0.2) is 4.79 Å². The standard InChI is InChI=1S/C20H18Br2ClN3O5/c1-10-6-13(21)18(14(22)7-10)26-17(28)9-31-20(30)15(8-16(24)27)25-19(29)11-2-4-12(23)5-3-11/h2-7,15H,8-9H2,1H3,(H2,24,27)(H,25,29)(H,26,28). The number of ether oxygens (including phenoxy) is 1. The van der Waals surface area contributed by atoms with E-state index in [1.807, 2.05) is 19.1 Å². The fourth-order valence-electron chi connectivity index (χ4n) is 2.47. The largest absolute Gasteiger partial charge is 0.454 e. The Balaban J connectivity index is 2.00. The Bertz CT molecular complexity index is 991. The van der Waals surface area contributed by atoms with Gasteiger partial charge in [0.25, 0.3) is 11.8 Å². The molecule has 0 aromatic heterocycles. The highest BCUT2D eigenvalue weighted by Crippen LogP contribution is 2.32. The Morgan fingerprint density at radius 3 is 2.23 bits per heavy atom. The molecule has 3 amide bonds. The molecular weight excluding hydrogens is 557 g/mol. The molecule has 31 heavy (non-hydrogen) atoms. The number of halogens is 3. The average molecular weight is 576 g/mol. The number of esters is 1. The van der Waals surface area contributed by atoms with Gasteiger partial charge in [-0.1, -0.05) is 11.6 Å². The molecule has 0 bridgehead atoms. The van der Waals surface area contributed by atoms with Crippen molar-refractivity contribution in [3.05, 3.63) is 61.5 Å². The quantitative estimate of drug-likeness (QED) is 0.416. The van der Waals surface area contributed by atoms with Crippen LogP contribution in [0.1, 0.15) is 22.3 Å². The van der Waals surface area contributed by atoms with Gasteiger partial charge in [0, 0.05) is 19.5 Å². The molecule has 0 heterocycles. The molecule has 0 aliphatic carbocycles. The highest BCUT2D eigenvalue weighted by molar-refractivity contribution is 9.11. The van der Waals surface area contributed by atoms with Crippen molar-refractivity contribution in [2.24, 2.45) is 5.73 Å². The van der Waals surface area contributed by atoms with E-state index in [0.29, 0.717) is 19.7 Å². The molecule has 4 N–H and O–H groups in total. The Labute approximate surface area is 200 Å². The summed E-state index contributed by atoms with van der Waals surface area (Å²) in [6.07, 6.45) is -0.491. The maximum absolute atomic E-state index is 12.4. The lowest BCUT2D eigenvalue weighted by Gasteiger charge is -2.17. The van der Waals surface area contributed by atoms with Crippen molar-refractivity contribution in [2.75, 3.05) is 11.9 Å². The molecule has 2 rings (SSSR count). The first-order valence-corrected chi connectivity index (χ1v) is 10.8. The lowest BCUT2D eigenvalue weighted by molar-refractivity contribution is -0.150. The van der Waals surface area contributed by atoms with Gasteiger partial charge in [0.1, 0.15) is 6.04 Å². The number of carbonyl (C=O) groups is 4. The van der Waals surface area contributed by atoms with Gasteiger partial charge >= 0.3 is 5.97 Å². The average Bonchev–Trinajstić information content (AvgIpc) is 2.68. The van der Waals surface area contributed by atoms with Gasteiger partial charge in [-0.3, -0.25) is 14.4 Å². The summed E-state index contributed by atoms with van der Waals surface area (Å²) in [7, 11) is 0. The van der Waals surface area contributed by atoms with E-state index < -0.39 is 42.8 Å². The second kappa shape index (κ2) is 11.3. The minimum absolute atomic E-state index is 0.221. The Hall–Kier alpha value is -2.43. The summed E-state index contributed by atoms with van der Waals surface area (Å²) < 4.78 is 6.25. The number of aryl methyl sites for hydroxylation is 1. The van der Waals surface area contributed by atoms with Crippen LogP contribution in [-0.2, 0) is 19.1 Å². The van der Waals surface area contributed by atoms with E-state index >= 15 is 0 Å². The smallest absolute Gasteiger partial charge is 0.329 e. The first kappa shape index (κ1) is 24.8. The number of rotatable bonds is 8. The topological polar surface area (TPSA) is 128 Å². The van der Waals surface area contributed by atoms with E-state index in [9.17, 15) is 19.2 Å². The fourth-order valence-corrected chi connectivity index (χ4v) is 4.21. The van der Waals surface area contributed by atoms with E-state index in [1.54, 1.807) is 0 Å². The SMILES string of the molecule is Cc1cc(Br)c(NC(=O)COC(=O)C(CC(N)=O)NC(=O)c2ccc(Cl)cc2)c(Br)c1. The molecular formula is C20H18Br2ClN3O5. The normalized spacial score (nSPS) is 11.4. The fraction of sp³-hybridized carbons (Fsp3) is 0.200. The van der Waals surface area contributed by atoms with Crippen molar-refractivity contribution in [1.29, 1.82) is 0 Å². The van der Waals surface area contributed by atoms with Crippen LogP contribution in [0.25, 0.3) is 0 Å². The first-order valence-electron chi connectivity index (χ1n) is 8.83. The third-order valence-electron chi connectivity index (χ3n) is 3.90. The van der Waals surface area contributed by atoms with Gasteiger partial charge in [-0.2, -0.15) is 0 Å². The van der Waals surface area contributed by atoms with Crippen LogP contribution in [0.15, 0.2) is 45.3 Å². The zero-order valence-electron chi connectivity index (χ0n) is 16.2. The lowest BCUT2D eigenvalue weighted by Crippen LogP contribution is -2.44. The number of primary amides is 1. The molecule has 0 fully saturated rings. The minimum Gasteiger partial charge on any atom is -0.454 e. The van der Waals surface area contributed by atoms with E-state index in [2.05, 4.69) is 42.5 Å². The van der Waals surface area contributed by atoms with Crippen LogP contribution >= 0.6 is 43.5 Å². The Morgan fingerprint density at radius 1 is 1.10 bits per heavy atom. The Kier molecular flexibility index (Phi) is 9.02. The van der Waals surface area contributed by atoms with Gasteiger partial charge in [0.05, 0.1) is 12.1 Å². The summed E-state index contributed by atoms with van der Waals surface area (Å²) in [5.74, 6) is -3.04. The predicted molar refractivity (Wildman–Crippen MR) is 123 cm³/mol. The van der Waals surface area contributed by atoms with Crippen LogP contribution in [0, 0.1) is 6.92 Å². The summed E-state index contributed by atoms with van der Waals surface area (Å²) >= 11 is 12.5. The molecule has 1 unspecified atom stereocenters. The molecule has 0 aliphatic heterocycles. The predicted octanol–water partition coefficient (Wildman–Crippen LogP) is 3.33. The maximum atomic E-state index is 12.4. The number of hydrogen-bond acceptors (Lipinski definition) is 5. The van der Waals surface area contributed by atoms with E-state index in [4.69, 9.17) is 22.1 Å². The molecule has 0 saturated heterocycles. The molecule has 0 aliphatic rings. The summed E-state index contributed by atoms with van der Waals surface area (Å²) in [4.78, 5) is 48.2. The number of anilines is 1. The molecule has 2 aromatic rings. The van der Waals surface area contributed by atoms with Gasteiger partial charge < -0.3 is 21.1 Å². The van der Waals surface area contributed by atoms with E-state index in [0.717, 1.165) is 5.56 Å².